The lowest BCUT2D eigenvalue weighted by Crippen LogP contribution is -2.45. The van der Waals surface area contributed by atoms with Crippen LogP contribution in [0.3, 0.4) is 0 Å². The van der Waals surface area contributed by atoms with E-state index in [2.05, 4.69) is 23.5 Å². The van der Waals surface area contributed by atoms with E-state index in [0.717, 1.165) is 5.56 Å². The zero-order valence-electron chi connectivity index (χ0n) is 10.4. The summed E-state index contributed by atoms with van der Waals surface area (Å²) < 4.78 is 23.9. The first kappa shape index (κ1) is 12.6. The maximum absolute atomic E-state index is 11.9. The maximum atomic E-state index is 11.9. The highest BCUT2D eigenvalue weighted by molar-refractivity contribution is 7.92. The zero-order chi connectivity index (χ0) is 12.5. The molecular weight excluding hydrogens is 234 g/mol. The lowest BCUT2D eigenvalue weighted by molar-refractivity contribution is 0.543. The molecule has 1 aliphatic heterocycles. The Morgan fingerprint density at radius 3 is 2.82 bits per heavy atom. The minimum atomic E-state index is -2.91. The van der Waals surface area contributed by atoms with Crippen molar-refractivity contribution in [2.45, 2.75) is 25.5 Å². The monoisotopic (exact) mass is 253 g/mol. The summed E-state index contributed by atoms with van der Waals surface area (Å²) in [5.74, 6) is 0.266. The van der Waals surface area contributed by atoms with E-state index in [0.29, 0.717) is 19.5 Å². The molecule has 1 heterocycles. The number of sulfone groups is 1. The fraction of sp³-hybridized carbons (Fsp3) is 0.538. The number of hydrogen-bond donors (Lipinski definition) is 1. The van der Waals surface area contributed by atoms with E-state index < -0.39 is 9.84 Å². The number of rotatable bonds is 2. The van der Waals surface area contributed by atoms with Gasteiger partial charge in [0.15, 0.2) is 9.84 Å². The third-order valence-corrected chi connectivity index (χ3v) is 5.52. The predicted octanol–water partition coefficient (Wildman–Crippen LogP) is 1.23. The average Bonchev–Trinajstić information content (AvgIpc) is 2.26. The second kappa shape index (κ2) is 4.78. The molecule has 4 heteroatoms. The van der Waals surface area contributed by atoms with Gasteiger partial charge in [0.2, 0.25) is 0 Å². The topological polar surface area (TPSA) is 46.2 Å². The number of nitrogens with one attached hydrogen (secondary N) is 1. The van der Waals surface area contributed by atoms with Crippen LogP contribution in [0.5, 0.6) is 0 Å². The molecule has 1 fully saturated rings. The van der Waals surface area contributed by atoms with Crippen molar-refractivity contribution in [3.8, 4) is 0 Å². The molecule has 1 N–H and O–H groups in total. The molecule has 0 aromatic heterocycles. The van der Waals surface area contributed by atoms with Crippen LogP contribution in [-0.2, 0) is 16.3 Å². The molecule has 1 aromatic rings. The first-order chi connectivity index (χ1) is 7.99. The molecule has 0 amide bonds. The van der Waals surface area contributed by atoms with Gasteiger partial charge >= 0.3 is 0 Å². The second-order valence-electron chi connectivity index (χ2n) is 4.83. The van der Waals surface area contributed by atoms with Crippen LogP contribution in [0.1, 0.15) is 16.7 Å². The molecule has 0 aliphatic carbocycles. The van der Waals surface area contributed by atoms with Crippen molar-refractivity contribution < 1.29 is 8.42 Å². The Morgan fingerprint density at radius 2 is 2.12 bits per heavy atom. The van der Waals surface area contributed by atoms with Crippen molar-refractivity contribution in [3.63, 3.8) is 0 Å². The van der Waals surface area contributed by atoms with Crippen LogP contribution >= 0.6 is 0 Å². The van der Waals surface area contributed by atoms with Gasteiger partial charge in [0, 0.05) is 13.1 Å². The number of benzene rings is 1. The van der Waals surface area contributed by atoms with E-state index in [4.69, 9.17) is 0 Å². The SMILES string of the molecule is Cc1ccc(C)c(CC2CNCCS2(=O)=O)c1. The Morgan fingerprint density at radius 1 is 1.35 bits per heavy atom. The minimum Gasteiger partial charge on any atom is -0.314 e. The summed E-state index contributed by atoms with van der Waals surface area (Å²) in [6, 6.07) is 6.22. The molecule has 2 rings (SSSR count). The van der Waals surface area contributed by atoms with Crippen molar-refractivity contribution in [2.75, 3.05) is 18.8 Å². The van der Waals surface area contributed by atoms with Crippen LogP contribution in [0.4, 0.5) is 0 Å². The standard InChI is InChI=1S/C13H19NO2S/c1-10-3-4-11(2)12(7-10)8-13-9-14-5-6-17(13,15)16/h3-4,7,13-14H,5-6,8-9H2,1-2H3. The van der Waals surface area contributed by atoms with E-state index in [-0.39, 0.29) is 11.0 Å². The van der Waals surface area contributed by atoms with E-state index >= 15 is 0 Å². The quantitative estimate of drug-likeness (QED) is 0.862. The second-order valence-corrected chi connectivity index (χ2v) is 7.23. The fourth-order valence-electron chi connectivity index (χ4n) is 2.24. The third-order valence-electron chi connectivity index (χ3n) is 3.40. The molecule has 3 nitrogen and oxygen atoms in total. The highest BCUT2D eigenvalue weighted by Crippen LogP contribution is 2.17. The molecule has 94 valence electrons. The highest BCUT2D eigenvalue weighted by atomic mass is 32.2. The smallest absolute Gasteiger partial charge is 0.155 e. The Kier molecular flexibility index (Phi) is 3.54. The Bertz CT molecular complexity index is 508. The van der Waals surface area contributed by atoms with Crippen LogP contribution in [0.15, 0.2) is 18.2 Å². The van der Waals surface area contributed by atoms with Crippen molar-refractivity contribution in [1.29, 1.82) is 0 Å². The van der Waals surface area contributed by atoms with Gasteiger partial charge < -0.3 is 5.32 Å². The molecule has 1 atom stereocenters. The van der Waals surface area contributed by atoms with Crippen molar-refractivity contribution in [1.82, 2.24) is 5.32 Å². The van der Waals surface area contributed by atoms with Crippen molar-refractivity contribution in [2.24, 2.45) is 0 Å². The summed E-state index contributed by atoms with van der Waals surface area (Å²) in [5.41, 5.74) is 3.52. The molecule has 1 unspecified atom stereocenters. The first-order valence-corrected chi connectivity index (χ1v) is 7.69. The van der Waals surface area contributed by atoms with Crippen LogP contribution < -0.4 is 5.32 Å². The van der Waals surface area contributed by atoms with E-state index in [1.54, 1.807) is 0 Å². The molecule has 0 radical (unpaired) electrons. The first-order valence-electron chi connectivity index (χ1n) is 5.97. The molecule has 17 heavy (non-hydrogen) atoms. The zero-order valence-corrected chi connectivity index (χ0v) is 11.2. The van der Waals surface area contributed by atoms with Gasteiger partial charge in [0.1, 0.15) is 0 Å². The van der Waals surface area contributed by atoms with Crippen LogP contribution in [0.25, 0.3) is 0 Å². The summed E-state index contributed by atoms with van der Waals surface area (Å²) in [6.45, 7) is 5.25. The Balaban J connectivity index is 2.22. The van der Waals surface area contributed by atoms with Crippen LogP contribution in [0.2, 0.25) is 0 Å². The highest BCUT2D eigenvalue weighted by Gasteiger charge is 2.28. The van der Waals surface area contributed by atoms with Gasteiger partial charge in [-0.25, -0.2) is 8.42 Å². The largest absolute Gasteiger partial charge is 0.314 e. The lowest BCUT2D eigenvalue weighted by atomic mass is 10.0. The Labute approximate surface area is 103 Å². The maximum Gasteiger partial charge on any atom is 0.155 e. The van der Waals surface area contributed by atoms with Gasteiger partial charge in [0.05, 0.1) is 11.0 Å². The van der Waals surface area contributed by atoms with E-state index in [1.807, 2.05) is 13.8 Å². The molecule has 0 spiro atoms. The van der Waals surface area contributed by atoms with Crippen molar-refractivity contribution >= 4 is 9.84 Å². The third kappa shape index (κ3) is 2.87. The number of aryl methyl sites for hydroxylation is 2. The molecule has 0 saturated carbocycles. The van der Waals surface area contributed by atoms with Crippen molar-refractivity contribution in [3.05, 3.63) is 34.9 Å². The molecular formula is C13H19NO2S. The number of hydrogen-bond acceptors (Lipinski definition) is 3. The van der Waals surface area contributed by atoms with E-state index in [1.165, 1.54) is 11.1 Å². The molecule has 1 aliphatic rings. The van der Waals surface area contributed by atoms with Crippen LogP contribution in [-0.4, -0.2) is 32.5 Å². The summed E-state index contributed by atoms with van der Waals surface area (Å²) in [6.07, 6.45) is 0.628. The Hall–Kier alpha value is -0.870. The van der Waals surface area contributed by atoms with Gasteiger partial charge in [-0.3, -0.25) is 0 Å². The van der Waals surface area contributed by atoms with E-state index in [9.17, 15) is 8.42 Å². The summed E-state index contributed by atoms with van der Waals surface area (Å²) in [7, 11) is -2.91. The summed E-state index contributed by atoms with van der Waals surface area (Å²) in [4.78, 5) is 0. The summed E-state index contributed by atoms with van der Waals surface area (Å²) >= 11 is 0. The normalized spacial score (nSPS) is 23.5. The van der Waals surface area contributed by atoms with Gasteiger partial charge in [-0.2, -0.15) is 0 Å². The lowest BCUT2D eigenvalue weighted by Gasteiger charge is -2.24. The predicted molar refractivity (Wildman–Crippen MR) is 70.1 cm³/mol. The molecule has 1 aromatic carbocycles. The fourth-order valence-corrected chi connectivity index (χ4v) is 3.80. The van der Waals surface area contributed by atoms with Gasteiger partial charge in [0.25, 0.3) is 0 Å². The average molecular weight is 253 g/mol. The van der Waals surface area contributed by atoms with Gasteiger partial charge in [-0.1, -0.05) is 23.8 Å². The van der Waals surface area contributed by atoms with Crippen LogP contribution in [0, 0.1) is 13.8 Å². The molecule has 0 bridgehead atoms. The molecule has 1 saturated heterocycles. The minimum absolute atomic E-state index is 0.266. The van der Waals surface area contributed by atoms with Gasteiger partial charge in [-0.15, -0.1) is 0 Å². The summed E-state index contributed by atoms with van der Waals surface area (Å²) in [5, 5.41) is 2.90. The van der Waals surface area contributed by atoms with Gasteiger partial charge in [-0.05, 0) is 31.4 Å².